The molecule has 374 valence electrons. The SMILES string of the molecule is CCCCC/C=C\C/C=C\C/C=C\CCCCCCC(=O)O[C@H](COC(=O)CCCCCCCCCCCCC)COC(=O)CCCCCCCCCCCCCCCCCCCC. The van der Waals surface area contributed by atoms with E-state index in [0.717, 1.165) is 83.5 Å². The molecule has 0 unspecified atom stereocenters. The van der Waals surface area contributed by atoms with Crippen molar-refractivity contribution in [2.45, 2.75) is 303 Å². The summed E-state index contributed by atoms with van der Waals surface area (Å²) in [7, 11) is 0. The van der Waals surface area contributed by atoms with E-state index in [0.29, 0.717) is 19.3 Å². The number of ether oxygens (including phenoxy) is 3. The van der Waals surface area contributed by atoms with Gasteiger partial charge in [0.15, 0.2) is 6.10 Å². The first kappa shape index (κ1) is 61.6. The molecule has 6 heteroatoms. The highest BCUT2D eigenvalue weighted by Gasteiger charge is 2.19. The van der Waals surface area contributed by atoms with E-state index < -0.39 is 6.10 Å². The van der Waals surface area contributed by atoms with Crippen LogP contribution >= 0.6 is 0 Å². The molecule has 0 amide bonds. The normalized spacial score (nSPS) is 12.2. The van der Waals surface area contributed by atoms with E-state index in [1.807, 2.05) is 0 Å². The van der Waals surface area contributed by atoms with Gasteiger partial charge in [0.2, 0.25) is 0 Å². The van der Waals surface area contributed by atoms with Crippen molar-refractivity contribution in [2.75, 3.05) is 13.2 Å². The molecule has 0 bridgehead atoms. The molecule has 0 aromatic rings. The predicted molar refractivity (Wildman–Crippen MR) is 275 cm³/mol. The van der Waals surface area contributed by atoms with Crippen LogP contribution in [0.1, 0.15) is 297 Å². The zero-order valence-electron chi connectivity index (χ0n) is 42.8. The Labute approximate surface area is 397 Å². The smallest absolute Gasteiger partial charge is 0.306 e. The Morgan fingerprint density at radius 1 is 0.312 bits per heavy atom. The maximum atomic E-state index is 12.8. The lowest BCUT2D eigenvalue weighted by Gasteiger charge is -2.18. The van der Waals surface area contributed by atoms with E-state index in [-0.39, 0.29) is 31.1 Å². The first-order chi connectivity index (χ1) is 31.5. The molecule has 6 nitrogen and oxygen atoms in total. The monoisotopic (exact) mass is 899 g/mol. The summed E-state index contributed by atoms with van der Waals surface area (Å²) in [6.07, 6.45) is 62.7. The van der Waals surface area contributed by atoms with E-state index in [9.17, 15) is 14.4 Å². The quantitative estimate of drug-likeness (QED) is 0.0262. The van der Waals surface area contributed by atoms with Gasteiger partial charge < -0.3 is 14.2 Å². The number of carbonyl (C=O) groups is 3. The minimum absolute atomic E-state index is 0.0768. The van der Waals surface area contributed by atoms with Crippen LogP contribution in [-0.4, -0.2) is 37.2 Å². The van der Waals surface area contributed by atoms with E-state index in [1.54, 1.807) is 0 Å². The minimum Gasteiger partial charge on any atom is -0.462 e. The molecule has 0 aromatic carbocycles. The van der Waals surface area contributed by atoms with Crippen LogP contribution in [0.4, 0.5) is 0 Å². The molecule has 0 N–H and O–H groups in total. The summed E-state index contributed by atoms with van der Waals surface area (Å²) < 4.78 is 16.8. The third-order valence-electron chi connectivity index (χ3n) is 12.4. The average molecular weight is 899 g/mol. The van der Waals surface area contributed by atoms with Crippen LogP contribution in [0, 0.1) is 0 Å². The fraction of sp³-hybridized carbons (Fsp3) is 0.845. The van der Waals surface area contributed by atoms with E-state index in [4.69, 9.17) is 14.2 Å². The second kappa shape index (κ2) is 53.2. The lowest BCUT2D eigenvalue weighted by Crippen LogP contribution is -2.30. The summed E-state index contributed by atoms with van der Waals surface area (Å²) in [5.74, 6) is -0.883. The Bertz CT molecular complexity index is 1080. The largest absolute Gasteiger partial charge is 0.462 e. The van der Waals surface area contributed by atoms with Gasteiger partial charge in [0.1, 0.15) is 13.2 Å². The van der Waals surface area contributed by atoms with E-state index >= 15 is 0 Å². The maximum Gasteiger partial charge on any atom is 0.306 e. The van der Waals surface area contributed by atoms with Crippen LogP contribution in [0.5, 0.6) is 0 Å². The maximum absolute atomic E-state index is 12.8. The van der Waals surface area contributed by atoms with Crippen LogP contribution in [0.2, 0.25) is 0 Å². The second-order valence-electron chi connectivity index (χ2n) is 18.9. The number of hydrogen-bond donors (Lipinski definition) is 0. The highest BCUT2D eigenvalue weighted by Crippen LogP contribution is 2.16. The molecule has 0 aliphatic heterocycles. The molecule has 64 heavy (non-hydrogen) atoms. The van der Waals surface area contributed by atoms with E-state index in [2.05, 4.69) is 57.2 Å². The number of rotatable bonds is 51. The molecule has 0 spiro atoms. The number of esters is 3. The molecular formula is C58H106O6. The van der Waals surface area contributed by atoms with Crippen molar-refractivity contribution in [1.29, 1.82) is 0 Å². The van der Waals surface area contributed by atoms with Crippen LogP contribution < -0.4 is 0 Å². The summed E-state index contributed by atoms with van der Waals surface area (Å²) >= 11 is 0. The Hall–Kier alpha value is -2.37. The van der Waals surface area contributed by atoms with Crippen molar-refractivity contribution in [3.05, 3.63) is 36.5 Å². The highest BCUT2D eigenvalue weighted by atomic mass is 16.6. The molecule has 0 saturated heterocycles. The molecule has 0 fully saturated rings. The molecule has 0 radical (unpaired) electrons. The summed E-state index contributed by atoms with van der Waals surface area (Å²) in [4.78, 5) is 38.0. The van der Waals surface area contributed by atoms with Gasteiger partial charge in [-0.2, -0.15) is 0 Å². The van der Waals surface area contributed by atoms with Gasteiger partial charge in [0, 0.05) is 19.3 Å². The molecule has 0 saturated carbocycles. The third kappa shape index (κ3) is 50.6. The molecule has 0 heterocycles. The number of hydrogen-bond acceptors (Lipinski definition) is 6. The van der Waals surface area contributed by atoms with Gasteiger partial charge in [-0.15, -0.1) is 0 Å². The number of allylic oxidation sites excluding steroid dienone is 6. The van der Waals surface area contributed by atoms with Gasteiger partial charge in [-0.25, -0.2) is 0 Å². The van der Waals surface area contributed by atoms with E-state index in [1.165, 1.54) is 173 Å². The first-order valence-electron chi connectivity index (χ1n) is 28.0. The minimum atomic E-state index is -0.779. The predicted octanol–water partition coefficient (Wildman–Crippen LogP) is 18.5. The summed E-state index contributed by atoms with van der Waals surface area (Å²) in [5, 5.41) is 0. The van der Waals surface area contributed by atoms with Crippen molar-refractivity contribution in [3.8, 4) is 0 Å². The fourth-order valence-electron chi connectivity index (χ4n) is 8.16. The Balaban J connectivity index is 4.34. The van der Waals surface area contributed by atoms with Crippen molar-refractivity contribution < 1.29 is 28.6 Å². The van der Waals surface area contributed by atoms with Crippen molar-refractivity contribution in [1.82, 2.24) is 0 Å². The molecule has 0 aliphatic carbocycles. The molecule has 0 aliphatic rings. The molecule has 0 aromatic heterocycles. The van der Waals surface area contributed by atoms with Gasteiger partial charge in [0.25, 0.3) is 0 Å². The fourth-order valence-corrected chi connectivity index (χ4v) is 8.16. The van der Waals surface area contributed by atoms with Crippen molar-refractivity contribution in [3.63, 3.8) is 0 Å². The van der Waals surface area contributed by atoms with Gasteiger partial charge in [-0.1, -0.05) is 256 Å². The van der Waals surface area contributed by atoms with Crippen LogP contribution in [0.3, 0.4) is 0 Å². The Kier molecular flexibility index (Phi) is 51.3. The van der Waals surface area contributed by atoms with Gasteiger partial charge >= 0.3 is 17.9 Å². The molecule has 0 rings (SSSR count). The zero-order valence-corrected chi connectivity index (χ0v) is 42.8. The van der Waals surface area contributed by atoms with Gasteiger partial charge in [0.05, 0.1) is 0 Å². The highest BCUT2D eigenvalue weighted by molar-refractivity contribution is 5.71. The van der Waals surface area contributed by atoms with Gasteiger partial charge in [-0.3, -0.25) is 14.4 Å². The summed E-state index contributed by atoms with van der Waals surface area (Å²) in [6, 6.07) is 0. The number of carbonyl (C=O) groups excluding carboxylic acids is 3. The van der Waals surface area contributed by atoms with Crippen LogP contribution in [-0.2, 0) is 28.6 Å². The standard InChI is InChI=1S/C58H106O6/c1-4-7-10-13-16-19-22-24-26-28-30-31-33-36-39-42-45-48-51-57(60)63-54-55(53-62-56(59)50-47-44-41-38-35-21-18-15-12-9-6-3)64-58(61)52-49-46-43-40-37-34-32-29-27-25-23-20-17-14-11-8-5-2/h17,20,25,27,32,34,55H,4-16,18-19,21-24,26,28-31,33,35-54H2,1-3H3/b20-17-,27-25-,34-32-/t55-/m1/s1. The van der Waals surface area contributed by atoms with Crippen molar-refractivity contribution in [2.24, 2.45) is 0 Å². The molecular weight excluding hydrogens is 793 g/mol. The average Bonchev–Trinajstić information content (AvgIpc) is 3.29. The first-order valence-corrected chi connectivity index (χ1v) is 28.0. The third-order valence-corrected chi connectivity index (χ3v) is 12.4. The van der Waals surface area contributed by atoms with Crippen molar-refractivity contribution >= 4 is 17.9 Å². The Morgan fingerprint density at radius 3 is 0.906 bits per heavy atom. The van der Waals surface area contributed by atoms with Crippen LogP contribution in [0.15, 0.2) is 36.5 Å². The van der Waals surface area contributed by atoms with Crippen LogP contribution in [0.25, 0.3) is 0 Å². The number of unbranched alkanes of at least 4 members (excludes halogenated alkanes) is 34. The zero-order chi connectivity index (χ0) is 46.5. The lowest BCUT2D eigenvalue weighted by molar-refractivity contribution is -0.167. The topological polar surface area (TPSA) is 78.9 Å². The van der Waals surface area contributed by atoms with Gasteiger partial charge in [-0.05, 0) is 57.8 Å². The second-order valence-corrected chi connectivity index (χ2v) is 18.9. The lowest BCUT2D eigenvalue weighted by atomic mass is 10.0. The Morgan fingerprint density at radius 2 is 0.562 bits per heavy atom. The summed E-state index contributed by atoms with van der Waals surface area (Å²) in [6.45, 7) is 6.62. The summed E-state index contributed by atoms with van der Waals surface area (Å²) in [5.41, 5.74) is 0. The molecule has 1 atom stereocenters.